The molecule has 1 aromatic rings. The maximum absolute atomic E-state index is 12.1. The van der Waals surface area contributed by atoms with Gasteiger partial charge < -0.3 is 4.74 Å². The van der Waals surface area contributed by atoms with Crippen LogP contribution in [0.3, 0.4) is 0 Å². The molecule has 0 saturated carbocycles. The minimum atomic E-state index is -0.386. The molecule has 0 aromatic heterocycles. The molecule has 1 heterocycles. The maximum atomic E-state index is 12.1. The van der Waals surface area contributed by atoms with E-state index < -0.39 is 0 Å². The van der Waals surface area contributed by atoms with E-state index in [1.807, 2.05) is 56.4 Å². The van der Waals surface area contributed by atoms with Crippen molar-refractivity contribution in [3.8, 4) is 0 Å². The third-order valence-electron chi connectivity index (χ3n) is 3.31. The van der Waals surface area contributed by atoms with Crippen molar-refractivity contribution in [1.29, 1.82) is 0 Å². The van der Waals surface area contributed by atoms with Gasteiger partial charge >= 0.3 is 5.97 Å². The fraction of sp³-hybridized carbons (Fsp3) is 0.588. The van der Waals surface area contributed by atoms with Crippen molar-refractivity contribution in [3.63, 3.8) is 0 Å². The molecular weight excluding hydrogens is 336 g/mol. The molecule has 0 amide bonds. The second-order valence-corrected chi connectivity index (χ2v) is 9.36. The van der Waals surface area contributed by atoms with Crippen molar-refractivity contribution >= 4 is 41.1 Å². The normalized spacial score (nSPS) is 21.8. The van der Waals surface area contributed by atoms with E-state index in [-0.39, 0.29) is 17.5 Å². The van der Waals surface area contributed by atoms with Gasteiger partial charge in [-0.25, -0.2) is 0 Å². The average Bonchev–Trinajstić information content (AvgIpc) is 2.88. The summed E-state index contributed by atoms with van der Waals surface area (Å²) < 4.78 is 5.48. The molecule has 122 valence electrons. The van der Waals surface area contributed by atoms with Crippen LogP contribution in [0.25, 0.3) is 0 Å². The number of esters is 1. The summed E-state index contributed by atoms with van der Waals surface area (Å²) in [4.78, 5) is 12.1. The summed E-state index contributed by atoms with van der Waals surface area (Å²) in [7, 11) is 0. The SMILES string of the molecule is CC(C)(C)OC(=O)[C@@H]1CS[C@@H](CSCc2ccc(Cl)cc2)C1. The highest BCUT2D eigenvalue weighted by atomic mass is 35.5. The van der Waals surface area contributed by atoms with Crippen LogP contribution in [0.15, 0.2) is 24.3 Å². The van der Waals surface area contributed by atoms with Gasteiger partial charge in [0.2, 0.25) is 0 Å². The first kappa shape index (κ1) is 18.0. The first-order chi connectivity index (χ1) is 10.3. The molecule has 2 nitrogen and oxygen atoms in total. The molecule has 0 N–H and O–H groups in total. The van der Waals surface area contributed by atoms with Crippen LogP contribution in [0.5, 0.6) is 0 Å². The van der Waals surface area contributed by atoms with Gasteiger partial charge in [0.1, 0.15) is 5.60 Å². The molecule has 1 fully saturated rings. The van der Waals surface area contributed by atoms with E-state index >= 15 is 0 Å². The highest BCUT2D eigenvalue weighted by Crippen LogP contribution is 2.35. The summed E-state index contributed by atoms with van der Waals surface area (Å²) in [6, 6.07) is 8.00. The molecule has 0 radical (unpaired) electrons. The van der Waals surface area contributed by atoms with Crippen LogP contribution >= 0.6 is 35.1 Å². The predicted molar refractivity (Wildman–Crippen MR) is 97.8 cm³/mol. The lowest BCUT2D eigenvalue weighted by molar-refractivity contribution is -0.159. The number of hydrogen-bond acceptors (Lipinski definition) is 4. The van der Waals surface area contributed by atoms with Crippen molar-refractivity contribution in [3.05, 3.63) is 34.9 Å². The third-order valence-corrected chi connectivity index (χ3v) is 6.37. The Kier molecular flexibility index (Phi) is 6.54. The van der Waals surface area contributed by atoms with E-state index in [1.54, 1.807) is 0 Å². The summed E-state index contributed by atoms with van der Waals surface area (Å²) in [5.41, 5.74) is 0.907. The third kappa shape index (κ3) is 6.05. The number of ether oxygens (including phenoxy) is 1. The summed E-state index contributed by atoms with van der Waals surface area (Å²) >= 11 is 9.71. The average molecular weight is 359 g/mol. The van der Waals surface area contributed by atoms with Crippen LogP contribution in [-0.4, -0.2) is 28.3 Å². The lowest BCUT2D eigenvalue weighted by Crippen LogP contribution is -2.29. The van der Waals surface area contributed by atoms with Gasteiger partial charge in [-0.1, -0.05) is 23.7 Å². The number of hydrogen-bond donors (Lipinski definition) is 0. The van der Waals surface area contributed by atoms with Gasteiger partial charge in [0.05, 0.1) is 5.92 Å². The Morgan fingerprint density at radius 2 is 2.05 bits per heavy atom. The zero-order valence-corrected chi connectivity index (χ0v) is 15.7. The lowest BCUT2D eigenvalue weighted by atomic mass is 10.1. The van der Waals surface area contributed by atoms with E-state index in [2.05, 4.69) is 12.1 Å². The molecule has 0 unspecified atom stereocenters. The number of thioether (sulfide) groups is 2. The molecule has 2 rings (SSSR count). The van der Waals surface area contributed by atoms with Crippen LogP contribution in [0.1, 0.15) is 32.8 Å². The molecule has 2 atom stereocenters. The molecule has 1 aliphatic heterocycles. The Morgan fingerprint density at radius 1 is 1.36 bits per heavy atom. The standard InChI is InChI=1S/C17H23ClO2S2/c1-17(2,3)20-16(19)13-8-15(22-10-13)11-21-9-12-4-6-14(18)7-5-12/h4-7,13,15H,8-11H2,1-3H3/t13-,15+/m0/s1. The number of halogens is 1. The van der Waals surface area contributed by atoms with Crippen molar-refractivity contribution in [2.75, 3.05) is 11.5 Å². The Labute approximate surface area is 146 Å². The minimum Gasteiger partial charge on any atom is -0.460 e. The Bertz CT molecular complexity index is 496. The monoisotopic (exact) mass is 358 g/mol. The van der Waals surface area contributed by atoms with Crippen LogP contribution in [0, 0.1) is 5.92 Å². The summed E-state index contributed by atoms with van der Waals surface area (Å²) in [6.07, 6.45) is 0.938. The van der Waals surface area contributed by atoms with Gasteiger partial charge in [-0.3, -0.25) is 4.79 Å². The molecule has 0 aliphatic carbocycles. The van der Waals surface area contributed by atoms with Gasteiger partial charge in [0.15, 0.2) is 0 Å². The lowest BCUT2D eigenvalue weighted by Gasteiger charge is -2.21. The van der Waals surface area contributed by atoms with Gasteiger partial charge in [-0.15, -0.1) is 0 Å². The topological polar surface area (TPSA) is 26.3 Å². The largest absolute Gasteiger partial charge is 0.460 e. The Hall–Kier alpha value is -0.320. The van der Waals surface area contributed by atoms with Crippen LogP contribution < -0.4 is 0 Å². The zero-order chi connectivity index (χ0) is 16.2. The maximum Gasteiger partial charge on any atom is 0.310 e. The predicted octanol–water partition coefficient (Wildman–Crippen LogP) is 5.04. The number of rotatable bonds is 5. The zero-order valence-electron chi connectivity index (χ0n) is 13.3. The van der Waals surface area contributed by atoms with Crippen molar-refractivity contribution in [1.82, 2.24) is 0 Å². The molecule has 0 spiro atoms. The van der Waals surface area contributed by atoms with E-state index in [0.717, 1.165) is 28.7 Å². The molecule has 0 bridgehead atoms. The number of benzene rings is 1. The van der Waals surface area contributed by atoms with Crippen LogP contribution in [0.4, 0.5) is 0 Å². The van der Waals surface area contributed by atoms with Gasteiger partial charge in [0.25, 0.3) is 0 Å². The van der Waals surface area contributed by atoms with Gasteiger partial charge in [0, 0.05) is 27.5 Å². The summed E-state index contributed by atoms with van der Waals surface area (Å²) in [5.74, 6) is 2.98. The van der Waals surface area contributed by atoms with Crippen molar-refractivity contribution in [2.24, 2.45) is 5.92 Å². The van der Waals surface area contributed by atoms with E-state index in [4.69, 9.17) is 16.3 Å². The second-order valence-electron chi connectivity index (χ2n) is 6.56. The van der Waals surface area contributed by atoms with Gasteiger partial charge in [-0.05, 0) is 44.9 Å². The molecule has 1 aromatic carbocycles. The molecule has 1 aliphatic rings. The molecular formula is C17H23ClO2S2. The number of carbonyl (C=O) groups excluding carboxylic acids is 1. The first-order valence-corrected chi connectivity index (χ1v) is 10.1. The minimum absolute atomic E-state index is 0.0369. The number of carbonyl (C=O) groups is 1. The molecule has 1 saturated heterocycles. The quantitative estimate of drug-likeness (QED) is 0.689. The second kappa shape index (κ2) is 7.98. The van der Waals surface area contributed by atoms with E-state index in [1.165, 1.54) is 5.56 Å². The highest BCUT2D eigenvalue weighted by molar-refractivity contribution is 8.03. The highest BCUT2D eigenvalue weighted by Gasteiger charge is 2.33. The van der Waals surface area contributed by atoms with Crippen molar-refractivity contribution in [2.45, 2.75) is 43.8 Å². The molecule has 5 heteroatoms. The molecule has 22 heavy (non-hydrogen) atoms. The fourth-order valence-corrected chi connectivity index (χ4v) is 5.15. The fourth-order valence-electron chi connectivity index (χ4n) is 2.26. The van der Waals surface area contributed by atoms with Crippen LogP contribution in [-0.2, 0) is 15.3 Å². The first-order valence-electron chi connectivity index (χ1n) is 7.50. The van der Waals surface area contributed by atoms with Crippen molar-refractivity contribution < 1.29 is 9.53 Å². The summed E-state index contributed by atoms with van der Waals surface area (Å²) in [6.45, 7) is 5.77. The summed E-state index contributed by atoms with van der Waals surface area (Å²) in [5, 5.41) is 1.33. The van der Waals surface area contributed by atoms with Gasteiger partial charge in [-0.2, -0.15) is 23.5 Å². The Morgan fingerprint density at radius 3 is 2.68 bits per heavy atom. The Balaban J connectivity index is 1.70. The smallest absolute Gasteiger partial charge is 0.310 e. The van der Waals surface area contributed by atoms with Crippen LogP contribution in [0.2, 0.25) is 5.02 Å². The van der Waals surface area contributed by atoms with E-state index in [9.17, 15) is 4.79 Å². The van der Waals surface area contributed by atoms with E-state index in [0.29, 0.717) is 5.25 Å².